The molecule has 0 spiro atoms. The summed E-state index contributed by atoms with van der Waals surface area (Å²) in [5.74, 6) is 0.612. The summed E-state index contributed by atoms with van der Waals surface area (Å²) in [5.41, 5.74) is 2.33. The highest BCUT2D eigenvalue weighted by atomic mass is 16.4. The van der Waals surface area contributed by atoms with E-state index in [2.05, 4.69) is 22.8 Å². The van der Waals surface area contributed by atoms with Gasteiger partial charge in [-0.25, -0.2) is 4.79 Å². The lowest BCUT2D eigenvalue weighted by Crippen LogP contribution is -2.19. The zero-order chi connectivity index (χ0) is 11.4. The molecule has 0 radical (unpaired) electrons. The van der Waals surface area contributed by atoms with Crippen molar-refractivity contribution in [2.24, 2.45) is 0 Å². The Kier molecular flexibility index (Phi) is 3.41. The summed E-state index contributed by atoms with van der Waals surface area (Å²) in [4.78, 5) is 10.3. The van der Waals surface area contributed by atoms with Gasteiger partial charge in [-0.05, 0) is 30.0 Å². The largest absolute Gasteiger partial charge is 0.465 e. The number of carbonyl (C=O) groups is 1. The zero-order valence-electron chi connectivity index (χ0n) is 9.07. The molecule has 1 atom stereocenters. The van der Waals surface area contributed by atoms with E-state index in [-0.39, 0.29) is 0 Å². The molecule has 1 saturated heterocycles. The lowest BCUT2D eigenvalue weighted by atomic mass is 9.97. The fourth-order valence-electron chi connectivity index (χ4n) is 2.02. The molecule has 1 aliphatic rings. The number of nitrogens with one attached hydrogen (secondary N) is 2. The minimum Gasteiger partial charge on any atom is -0.465 e. The molecule has 16 heavy (non-hydrogen) atoms. The SMILES string of the molecule is O=C(O)NCc1ccc(C2CCNC2)cc1. The van der Waals surface area contributed by atoms with Gasteiger partial charge in [-0.3, -0.25) is 0 Å². The average Bonchev–Trinajstić information content (AvgIpc) is 2.80. The molecule has 1 aliphatic heterocycles. The van der Waals surface area contributed by atoms with Crippen molar-refractivity contribution in [3.05, 3.63) is 35.4 Å². The third-order valence-electron chi connectivity index (χ3n) is 2.96. The topological polar surface area (TPSA) is 61.4 Å². The molecular weight excluding hydrogens is 204 g/mol. The quantitative estimate of drug-likeness (QED) is 0.724. The maximum atomic E-state index is 10.3. The van der Waals surface area contributed by atoms with Gasteiger partial charge in [0.1, 0.15) is 0 Å². The molecule has 2 rings (SSSR count). The number of hydrogen-bond acceptors (Lipinski definition) is 2. The smallest absolute Gasteiger partial charge is 0.404 e. The second kappa shape index (κ2) is 4.99. The maximum absolute atomic E-state index is 10.3. The lowest BCUT2D eigenvalue weighted by Gasteiger charge is -2.09. The zero-order valence-corrected chi connectivity index (χ0v) is 9.07. The standard InChI is InChI=1S/C12H16N2O2/c15-12(16)14-7-9-1-3-10(4-2-9)11-5-6-13-8-11/h1-4,11,13-14H,5-8H2,(H,15,16). The van der Waals surface area contributed by atoms with Crippen molar-refractivity contribution in [1.29, 1.82) is 0 Å². The number of benzene rings is 1. The fourth-order valence-corrected chi connectivity index (χ4v) is 2.02. The van der Waals surface area contributed by atoms with Crippen LogP contribution in [-0.2, 0) is 6.54 Å². The van der Waals surface area contributed by atoms with E-state index in [0.717, 1.165) is 18.7 Å². The van der Waals surface area contributed by atoms with Crippen LogP contribution < -0.4 is 10.6 Å². The average molecular weight is 220 g/mol. The monoisotopic (exact) mass is 220 g/mol. The van der Waals surface area contributed by atoms with Crippen LogP contribution in [0.5, 0.6) is 0 Å². The van der Waals surface area contributed by atoms with Crippen LogP contribution in [0.15, 0.2) is 24.3 Å². The van der Waals surface area contributed by atoms with E-state index in [1.54, 1.807) is 0 Å². The van der Waals surface area contributed by atoms with Crippen LogP contribution >= 0.6 is 0 Å². The first-order valence-corrected chi connectivity index (χ1v) is 5.52. The molecule has 1 fully saturated rings. The molecule has 4 nitrogen and oxygen atoms in total. The third kappa shape index (κ3) is 2.73. The molecule has 1 heterocycles. The Labute approximate surface area is 94.7 Å². The summed E-state index contributed by atoms with van der Waals surface area (Å²) in [6.45, 7) is 2.51. The first-order valence-electron chi connectivity index (χ1n) is 5.52. The predicted molar refractivity (Wildman–Crippen MR) is 61.5 cm³/mol. The Morgan fingerprint density at radius 2 is 2.19 bits per heavy atom. The van der Waals surface area contributed by atoms with Gasteiger partial charge < -0.3 is 15.7 Å². The molecule has 0 aliphatic carbocycles. The molecule has 1 amide bonds. The summed E-state index contributed by atoms with van der Waals surface area (Å²) in [6, 6.07) is 8.17. The van der Waals surface area contributed by atoms with E-state index in [1.807, 2.05) is 12.1 Å². The van der Waals surface area contributed by atoms with Gasteiger partial charge in [-0.1, -0.05) is 24.3 Å². The second-order valence-electron chi connectivity index (χ2n) is 4.09. The number of hydrogen-bond donors (Lipinski definition) is 3. The van der Waals surface area contributed by atoms with Gasteiger partial charge in [0.15, 0.2) is 0 Å². The summed E-state index contributed by atoms with van der Waals surface area (Å²) in [7, 11) is 0. The van der Waals surface area contributed by atoms with Gasteiger partial charge in [0, 0.05) is 13.1 Å². The molecule has 1 aromatic rings. The lowest BCUT2D eigenvalue weighted by molar-refractivity contribution is 0.194. The van der Waals surface area contributed by atoms with Crippen molar-refractivity contribution < 1.29 is 9.90 Å². The van der Waals surface area contributed by atoms with Gasteiger partial charge in [0.25, 0.3) is 0 Å². The Morgan fingerprint density at radius 1 is 1.44 bits per heavy atom. The summed E-state index contributed by atoms with van der Waals surface area (Å²) in [6.07, 6.45) is 0.205. The van der Waals surface area contributed by atoms with Crippen molar-refractivity contribution in [2.45, 2.75) is 18.9 Å². The van der Waals surface area contributed by atoms with Crippen LogP contribution in [0.3, 0.4) is 0 Å². The van der Waals surface area contributed by atoms with E-state index in [4.69, 9.17) is 5.11 Å². The summed E-state index contributed by atoms with van der Waals surface area (Å²) < 4.78 is 0. The Bertz CT molecular complexity index is 356. The van der Waals surface area contributed by atoms with Crippen molar-refractivity contribution in [2.75, 3.05) is 13.1 Å². The highest BCUT2D eigenvalue weighted by Gasteiger charge is 2.15. The van der Waals surface area contributed by atoms with Crippen LogP contribution in [-0.4, -0.2) is 24.3 Å². The summed E-state index contributed by atoms with van der Waals surface area (Å²) in [5, 5.41) is 14.2. The third-order valence-corrected chi connectivity index (χ3v) is 2.96. The van der Waals surface area contributed by atoms with Crippen LogP contribution in [0.2, 0.25) is 0 Å². The molecule has 4 heteroatoms. The molecule has 1 aromatic carbocycles. The Morgan fingerprint density at radius 3 is 2.75 bits per heavy atom. The molecule has 86 valence electrons. The highest BCUT2D eigenvalue weighted by Crippen LogP contribution is 2.22. The van der Waals surface area contributed by atoms with E-state index >= 15 is 0 Å². The van der Waals surface area contributed by atoms with Crippen molar-refractivity contribution >= 4 is 6.09 Å². The molecule has 3 N–H and O–H groups in total. The minimum absolute atomic E-state index is 0.374. The van der Waals surface area contributed by atoms with E-state index in [1.165, 1.54) is 12.0 Å². The number of carboxylic acid groups (broad SMARTS) is 1. The number of rotatable bonds is 3. The van der Waals surface area contributed by atoms with Crippen LogP contribution in [0.1, 0.15) is 23.5 Å². The second-order valence-corrected chi connectivity index (χ2v) is 4.09. The van der Waals surface area contributed by atoms with E-state index < -0.39 is 6.09 Å². The highest BCUT2D eigenvalue weighted by molar-refractivity contribution is 5.64. The van der Waals surface area contributed by atoms with Crippen LogP contribution in [0.4, 0.5) is 4.79 Å². The Hall–Kier alpha value is -1.55. The van der Waals surface area contributed by atoms with Crippen molar-refractivity contribution in [3.63, 3.8) is 0 Å². The van der Waals surface area contributed by atoms with Gasteiger partial charge in [0.2, 0.25) is 0 Å². The minimum atomic E-state index is -0.982. The Balaban J connectivity index is 1.95. The molecule has 0 bridgehead atoms. The summed E-state index contributed by atoms with van der Waals surface area (Å²) >= 11 is 0. The molecule has 0 aromatic heterocycles. The van der Waals surface area contributed by atoms with E-state index in [0.29, 0.717) is 12.5 Å². The first kappa shape index (κ1) is 11.0. The first-order chi connectivity index (χ1) is 7.75. The van der Waals surface area contributed by atoms with Crippen LogP contribution in [0.25, 0.3) is 0 Å². The normalized spacial score (nSPS) is 19.6. The molecular formula is C12H16N2O2. The van der Waals surface area contributed by atoms with Gasteiger partial charge >= 0.3 is 6.09 Å². The van der Waals surface area contributed by atoms with Crippen LogP contribution in [0, 0.1) is 0 Å². The van der Waals surface area contributed by atoms with Gasteiger partial charge in [-0.15, -0.1) is 0 Å². The fraction of sp³-hybridized carbons (Fsp3) is 0.417. The van der Waals surface area contributed by atoms with Crippen molar-refractivity contribution in [3.8, 4) is 0 Å². The van der Waals surface area contributed by atoms with E-state index in [9.17, 15) is 4.79 Å². The van der Waals surface area contributed by atoms with Gasteiger partial charge in [-0.2, -0.15) is 0 Å². The van der Waals surface area contributed by atoms with Crippen molar-refractivity contribution in [1.82, 2.24) is 10.6 Å². The maximum Gasteiger partial charge on any atom is 0.404 e. The van der Waals surface area contributed by atoms with Gasteiger partial charge in [0.05, 0.1) is 0 Å². The molecule has 0 saturated carbocycles. The molecule has 1 unspecified atom stereocenters. The number of amides is 1. The predicted octanol–water partition coefficient (Wildman–Crippen LogP) is 1.53.